The molecule has 2 rings (SSSR count). The van der Waals surface area contributed by atoms with E-state index < -0.39 is 12.0 Å². The quantitative estimate of drug-likeness (QED) is 0.777. The molecule has 2 N–H and O–H groups in total. The highest BCUT2D eigenvalue weighted by atomic mass is 16.5. The molecule has 0 aromatic heterocycles. The lowest BCUT2D eigenvalue weighted by Crippen LogP contribution is -2.41. The molecule has 1 fully saturated rings. The summed E-state index contributed by atoms with van der Waals surface area (Å²) in [7, 11) is 0. The minimum absolute atomic E-state index is 0.112. The van der Waals surface area contributed by atoms with Gasteiger partial charge in [0, 0.05) is 12.5 Å². The number of hydrogen-bond acceptors (Lipinski definition) is 4. The molecule has 0 unspecified atom stereocenters. The minimum Gasteiger partial charge on any atom is -0.459 e. The third-order valence-corrected chi connectivity index (χ3v) is 3.55. The Morgan fingerprint density at radius 1 is 1.38 bits per heavy atom. The molecule has 114 valence electrons. The predicted molar refractivity (Wildman–Crippen MR) is 79.5 cm³/mol. The van der Waals surface area contributed by atoms with E-state index in [2.05, 4.69) is 10.6 Å². The number of carbonyl (C=O) groups is 2. The second-order valence-electron chi connectivity index (χ2n) is 5.38. The molecule has 1 aliphatic rings. The molecule has 21 heavy (non-hydrogen) atoms. The van der Waals surface area contributed by atoms with Gasteiger partial charge in [0.25, 0.3) is 0 Å². The number of ether oxygens (including phenoxy) is 1. The van der Waals surface area contributed by atoms with Crippen molar-refractivity contribution in [2.45, 2.75) is 44.9 Å². The Morgan fingerprint density at radius 3 is 2.81 bits per heavy atom. The van der Waals surface area contributed by atoms with Crippen LogP contribution in [0, 0.1) is 0 Å². The molecule has 1 aromatic rings. The first-order valence-corrected chi connectivity index (χ1v) is 7.38. The minimum atomic E-state index is -0.623. The summed E-state index contributed by atoms with van der Waals surface area (Å²) in [6.45, 7) is 2.84. The summed E-state index contributed by atoms with van der Waals surface area (Å²) in [4.78, 5) is 23.7. The van der Waals surface area contributed by atoms with Crippen molar-refractivity contribution < 1.29 is 14.3 Å². The van der Waals surface area contributed by atoms with E-state index in [-0.39, 0.29) is 18.6 Å². The van der Waals surface area contributed by atoms with Crippen molar-refractivity contribution in [2.24, 2.45) is 0 Å². The zero-order chi connectivity index (χ0) is 15.1. The van der Waals surface area contributed by atoms with Gasteiger partial charge in [0.05, 0.1) is 0 Å². The van der Waals surface area contributed by atoms with E-state index in [0.29, 0.717) is 6.42 Å². The van der Waals surface area contributed by atoms with E-state index >= 15 is 0 Å². The zero-order valence-electron chi connectivity index (χ0n) is 12.3. The summed E-state index contributed by atoms with van der Waals surface area (Å²) in [6.07, 6.45) is 2.53. The fraction of sp³-hybridized carbons (Fsp3) is 0.500. The lowest BCUT2D eigenvalue weighted by molar-refractivity contribution is -0.148. The Kier molecular flexibility index (Phi) is 5.75. The standard InChI is InChI=1S/C16H22N2O3/c1-12(18-15(19)10-14-8-5-9-17-14)16(20)21-11-13-6-3-2-4-7-13/h2-4,6-7,12,14,17H,5,8-11H2,1H3,(H,18,19)/t12-,14+/m1/s1. The first kappa shape index (κ1) is 15.5. The number of amides is 1. The monoisotopic (exact) mass is 290 g/mol. The van der Waals surface area contributed by atoms with Crippen LogP contribution >= 0.6 is 0 Å². The second kappa shape index (κ2) is 7.78. The topological polar surface area (TPSA) is 67.4 Å². The Labute approximate surface area is 125 Å². The van der Waals surface area contributed by atoms with Gasteiger partial charge in [-0.3, -0.25) is 4.79 Å². The van der Waals surface area contributed by atoms with Crippen LogP contribution in [0.5, 0.6) is 0 Å². The molecular weight excluding hydrogens is 268 g/mol. The molecule has 0 spiro atoms. The summed E-state index contributed by atoms with van der Waals surface area (Å²) in [5, 5.41) is 5.95. The predicted octanol–water partition coefficient (Wildman–Crippen LogP) is 1.38. The molecule has 2 atom stereocenters. The molecule has 1 saturated heterocycles. The maximum atomic E-state index is 11.8. The number of nitrogens with one attached hydrogen (secondary N) is 2. The van der Waals surface area contributed by atoms with Crippen LogP contribution in [0.25, 0.3) is 0 Å². The molecule has 0 bridgehead atoms. The Balaban J connectivity index is 1.70. The molecule has 1 amide bonds. The summed E-state index contributed by atoms with van der Waals surface area (Å²) < 4.78 is 5.19. The fourth-order valence-electron chi connectivity index (χ4n) is 2.37. The van der Waals surface area contributed by atoms with E-state index in [0.717, 1.165) is 24.9 Å². The van der Waals surface area contributed by atoms with Crippen molar-refractivity contribution in [3.8, 4) is 0 Å². The zero-order valence-corrected chi connectivity index (χ0v) is 12.3. The molecule has 1 heterocycles. The molecule has 5 nitrogen and oxygen atoms in total. The van der Waals surface area contributed by atoms with Crippen LogP contribution in [0.3, 0.4) is 0 Å². The van der Waals surface area contributed by atoms with Crippen LogP contribution < -0.4 is 10.6 Å². The molecule has 5 heteroatoms. The lowest BCUT2D eigenvalue weighted by atomic mass is 10.1. The summed E-state index contributed by atoms with van der Waals surface area (Å²) >= 11 is 0. The fourth-order valence-corrected chi connectivity index (χ4v) is 2.37. The van der Waals surface area contributed by atoms with Crippen LogP contribution in [0.2, 0.25) is 0 Å². The van der Waals surface area contributed by atoms with E-state index in [9.17, 15) is 9.59 Å². The summed E-state index contributed by atoms with van der Waals surface area (Å²) in [5.74, 6) is -0.523. The van der Waals surface area contributed by atoms with Gasteiger partial charge in [-0.25, -0.2) is 4.79 Å². The van der Waals surface area contributed by atoms with Crippen molar-refractivity contribution in [1.29, 1.82) is 0 Å². The van der Waals surface area contributed by atoms with Crippen molar-refractivity contribution in [3.05, 3.63) is 35.9 Å². The smallest absolute Gasteiger partial charge is 0.328 e. The van der Waals surface area contributed by atoms with Crippen molar-refractivity contribution in [1.82, 2.24) is 10.6 Å². The van der Waals surface area contributed by atoms with E-state index in [1.54, 1.807) is 6.92 Å². The van der Waals surface area contributed by atoms with Gasteiger partial charge in [-0.2, -0.15) is 0 Å². The largest absolute Gasteiger partial charge is 0.459 e. The Morgan fingerprint density at radius 2 is 2.14 bits per heavy atom. The number of esters is 1. The second-order valence-corrected chi connectivity index (χ2v) is 5.38. The highest BCUT2D eigenvalue weighted by Gasteiger charge is 2.21. The maximum Gasteiger partial charge on any atom is 0.328 e. The number of carbonyl (C=O) groups excluding carboxylic acids is 2. The van der Waals surface area contributed by atoms with E-state index in [1.165, 1.54) is 0 Å². The Bertz CT molecular complexity index is 470. The average molecular weight is 290 g/mol. The number of benzene rings is 1. The van der Waals surface area contributed by atoms with Gasteiger partial charge >= 0.3 is 5.97 Å². The Hall–Kier alpha value is -1.88. The van der Waals surface area contributed by atoms with Crippen LogP contribution in [-0.2, 0) is 20.9 Å². The van der Waals surface area contributed by atoms with Gasteiger partial charge in [-0.15, -0.1) is 0 Å². The van der Waals surface area contributed by atoms with Gasteiger partial charge in [0.2, 0.25) is 5.91 Å². The van der Waals surface area contributed by atoms with Crippen molar-refractivity contribution >= 4 is 11.9 Å². The van der Waals surface area contributed by atoms with Crippen LogP contribution in [0.4, 0.5) is 0 Å². The number of hydrogen-bond donors (Lipinski definition) is 2. The third kappa shape index (κ3) is 5.19. The highest BCUT2D eigenvalue weighted by Crippen LogP contribution is 2.08. The van der Waals surface area contributed by atoms with Gasteiger partial charge in [0.15, 0.2) is 0 Å². The van der Waals surface area contributed by atoms with E-state index in [4.69, 9.17) is 4.74 Å². The van der Waals surface area contributed by atoms with Crippen LogP contribution in [-0.4, -0.2) is 30.5 Å². The molecule has 1 aromatic carbocycles. The van der Waals surface area contributed by atoms with Gasteiger partial charge < -0.3 is 15.4 Å². The maximum absolute atomic E-state index is 11.8. The van der Waals surface area contributed by atoms with Gasteiger partial charge in [-0.1, -0.05) is 30.3 Å². The van der Waals surface area contributed by atoms with Crippen LogP contribution in [0.15, 0.2) is 30.3 Å². The first-order chi connectivity index (χ1) is 10.1. The van der Waals surface area contributed by atoms with Crippen molar-refractivity contribution in [2.75, 3.05) is 6.54 Å². The first-order valence-electron chi connectivity index (χ1n) is 7.38. The van der Waals surface area contributed by atoms with Crippen molar-refractivity contribution in [3.63, 3.8) is 0 Å². The highest BCUT2D eigenvalue weighted by molar-refractivity contribution is 5.84. The van der Waals surface area contributed by atoms with Gasteiger partial charge in [-0.05, 0) is 31.9 Å². The number of rotatable bonds is 6. The summed E-state index contributed by atoms with van der Waals surface area (Å²) in [6, 6.07) is 9.09. The van der Waals surface area contributed by atoms with E-state index in [1.807, 2.05) is 30.3 Å². The van der Waals surface area contributed by atoms with Gasteiger partial charge in [0.1, 0.15) is 12.6 Å². The van der Waals surface area contributed by atoms with Crippen LogP contribution in [0.1, 0.15) is 31.7 Å². The molecular formula is C16H22N2O3. The summed E-state index contributed by atoms with van der Waals surface area (Å²) in [5.41, 5.74) is 0.930. The average Bonchev–Trinajstić information content (AvgIpc) is 2.98. The molecule has 0 saturated carbocycles. The normalized spacial score (nSPS) is 19.0. The lowest BCUT2D eigenvalue weighted by Gasteiger charge is -2.15. The molecule has 1 aliphatic heterocycles. The molecule has 0 radical (unpaired) electrons. The SMILES string of the molecule is C[C@@H](NC(=O)C[C@@H]1CCCN1)C(=O)OCc1ccccc1. The molecule has 0 aliphatic carbocycles. The third-order valence-electron chi connectivity index (χ3n) is 3.55.